The highest BCUT2D eigenvalue weighted by Crippen LogP contribution is 2.26. The minimum Gasteiger partial charge on any atom is -0.396 e. The van der Waals surface area contributed by atoms with Crippen molar-refractivity contribution in [1.82, 2.24) is 14.5 Å². The number of hydrogen-bond acceptors (Lipinski definition) is 6. The molecule has 2 heterocycles. The average molecular weight is 449 g/mol. The van der Waals surface area contributed by atoms with E-state index in [1.807, 2.05) is 43.3 Å². The zero-order chi connectivity index (χ0) is 22.7. The summed E-state index contributed by atoms with van der Waals surface area (Å²) in [6.07, 6.45) is 3.71. The summed E-state index contributed by atoms with van der Waals surface area (Å²) in [6, 6.07) is 17.0. The molecule has 1 unspecified atom stereocenters. The van der Waals surface area contributed by atoms with Crippen LogP contribution < -0.4 is 10.9 Å². The van der Waals surface area contributed by atoms with Crippen LogP contribution in [0.1, 0.15) is 12.0 Å². The van der Waals surface area contributed by atoms with Crippen molar-refractivity contribution in [2.75, 3.05) is 18.2 Å². The Morgan fingerprint density at radius 1 is 1.12 bits per heavy atom. The molecule has 7 nitrogen and oxygen atoms in total. The summed E-state index contributed by atoms with van der Waals surface area (Å²) in [5.41, 5.74) is 3.54. The van der Waals surface area contributed by atoms with Crippen LogP contribution >= 0.6 is 0 Å². The first-order valence-electron chi connectivity index (χ1n) is 10.3. The average Bonchev–Trinajstić information content (AvgIpc) is 2.79. The third kappa shape index (κ3) is 4.46. The van der Waals surface area contributed by atoms with Crippen molar-refractivity contribution in [2.24, 2.45) is 0 Å². The lowest BCUT2D eigenvalue weighted by atomic mass is 10.0. The number of anilines is 2. The van der Waals surface area contributed by atoms with Gasteiger partial charge >= 0.3 is 0 Å². The number of nitrogens with zero attached hydrogens (tertiary/aromatic N) is 3. The van der Waals surface area contributed by atoms with Crippen molar-refractivity contribution >= 4 is 33.3 Å². The fourth-order valence-electron chi connectivity index (χ4n) is 3.61. The molecule has 8 heteroatoms. The molecule has 0 saturated heterocycles. The van der Waals surface area contributed by atoms with Gasteiger partial charge < -0.3 is 15.0 Å². The molecule has 0 aliphatic heterocycles. The Bertz CT molecular complexity index is 1370. The Labute approximate surface area is 188 Å². The predicted octanol–water partition coefficient (Wildman–Crippen LogP) is 3.63. The van der Waals surface area contributed by atoms with Gasteiger partial charge in [-0.1, -0.05) is 30.3 Å². The summed E-state index contributed by atoms with van der Waals surface area (Å²) in [6.45, 7) is 2.37. The molecule has 2 N–H and O–H groups in total. The SMILES string of the molecule is Cc1ccccc1-c1cc2cnc(Nc3cccc(S(C)=O)c3)nc2c(=O)n1CCCO. The molecule has 164 valence electrons. The van der Waals surface area contributed by atoms with Crippen LogP contribution in [0.3, 0.4) is 0 Å². The number of pyridine rings is 1. The monoisotopic (exact) mass is 448 g/mol. The third-order valence-corrected chi connectivity index (χ3v) is 6.15. The number of aryl methyl sites for hydroxylation is 1. The quantitative estimate of drug-likeness (QED) is 0.448. The highest BCUT2D eigenvalue weighted by Gasteiger charge is 2.15. The van der Waals surface area contributed by atoms with Crippen LogP contribution in [0.25, 0.3) is 22.2 Å². The zero-order valence-electron chi connectivity index (χ0n) is 17.9. The van der Waals surface area contributed by atoms with Crippen LogP contribution in [-0.4, -0.2) is 36.7 Å². The van der Waals surface area contributed by atoms with Gasteiger partial charge in [-0.25, -0.2) is 9.97 Å². The Morgan fingerprint density at radius 2 is 1.94 bits per heavy atom. The fraction of sp³-hybridized carbons (Fsp3) is 0.208. The van der Waals surface area contributed by atoms with E-state index in [0.717, 1.165) is 16.8 Å². The van der Waals surface area contributed by atoms with E-state index in [9.17, 15) is 14.1 Å². The van der Waals surface area contributed by atoms with Gasteiger partial charge in [-0.15, -0.1) is 0 Å². The number of rotatable bonds is 7. The Balaban J connectivity index is 1.81. The molecule has 0 fully saturated rings. The maximum Gasteiger partial charge on any atom is 0.277 e. The van der Waals surface area contributed by atoms with Gasteiger partial charge in [0.1, 0.15) is 5.52 Å². The van der Waals surface area contributed by atoms with E-state index in [0.29, 0.717) is 34.5 Å². The van der Waals surface area contributed by atoms with E-state index in [1.165, 1.54) is 0 Å². The third-order valence-electron chi connectivity index (χ3n) is 5.23. The van der Waals surface area contributed by atoms with Gasteiger partial charge in [-0.3, -0.25) is 9.00 Å². The van der Waals surface area contributed by atoms with Crippen molar-refractivity contribution in [2.45, 2.75) is 24.8 Å². The molecular formula is C24H24N4O3S. The number of aliphatic hydroxyl groups excluding tert-OH is 1. The van der Waals surface area contributed by atoms with Crippen molar-refractivity contribution < 1.29 is 9.32 Å². The lowest BCUT2D eigenvalue weighted by molar-refractivity contribution is 0.279. The van der Waals surface area contributed by atoms with Crippen molar-refractivity contribution in [3.05, 3.63) is 76.7 Å². The number of benzene rings is 2. The van der Waals surface area contributed by atoms with Crippen LogP contribution in [0.5, 0.6) is 0 Å². The smallest absolute Gasteiger partial charge is 0.277 e. The van der Waals surface area contributed by atoms with Crippen LogP contribution in [0, 0.1) is 6.92 Å². The van der Waals surface area contributed by atoms with E-state index in [4.69, 9.17) is 0 Å². The zero-order valence-corrected chi connectivity index (χ0v) is 18.7. The van der Waals surface area contributed by atoms with E-state index in [-0.39, 0.29) is 18.1 Å². The van der Waals surface area contributed by atoms with Crippen LogP contribution in [0.2, 0.25) is 0 Å². The van der Waals surface area contributed by atoms with Crippen LogP contribution in [0.4, 0.5) is 11.6 Å². The second-order valence-corrected chi connectivity index (χ2v) is 8.86. The van der Waals surface area contributed by atoms with Crippen molar-refractivity contribution in [1.29, 1.82) is 0 Å². The number of hydrogen-bond donors (Lipinski definition) is 2. The summed E-state index contributed by atoms with van der Waals surface area (Å²) < 4.78 is 13.4. The molecule has 0 spiro atoms. The van der Waals surface area contributed by atoms with Gasteiger partial charge in [0.25, 0.3) is 5.56 Å². The molecule has 0 amide bonds. The topological polar surface area (TPSA) is 97.1 Å². The van der Waals surface area contributed by atoms with E-state index in [2.05, 4.69) is 15.3 Å². The van der Waals surface area contributed by atoms with Gasteiger partial charge in [-0.05, 0) is 43.2 Å². The molecule has 4 aromatic rings. The fourth-order valence-corrected chi connectivity index (χ4v) is 4.17. The Morgan fingerprint density at radius 3 is 2.69 bits per heavy atom. The molecule has 1 atom stereocenters. The largest absolute Gasteiger partial charge is 0.396 e. The maximum atomic E-state index is 13.4. The van der Waals surface area contributed by atoms with Crippen molar-refractivity contribution in [3.63, 3.8) is 0 Å². The molecule has 4 rings (SSSR count). The summed E-state index contributed by atoms with van der Waals surface area (Å²) in [5.74, 6) is 0.283. The summed E-state index contributed by atoms with van der Waals surface area (Å²) >= 11 is 0. The molecule has 32 heavy (non-hydrogen) atoms. The van der Waals surface area contributed by atoms with Gasteiger partial charge in [0.15, 0.2) is 0 Å². The Kier molecular flexibility index (Phi) is 6.43. The number of aromatic nitrogens is 3. The predicted molar refractivity (Wildman–Crippen MR) is 128 cm³/mol. The first kappa shape index (κ1) is 21.9. The standard InChI is InChI=1S/C24H24N4O3S/c1-16-7-3-4-10-20(16)21-13-17-15-25-24(26-18-8-5-9-19(14-18)32(2)31)27-22(17)23(30)28(21)11-6-12-29/h3-5,7-10,13-15,29H,6,11-12H2,1-2H3,(H,25,26,27). The molecule has 0 bridgehead atoms. The highest BCUT2D eigenvalue weighted by molar-refractivity contribution is 7.84. The van der Waals surface area contributed by atoms with E-state index >= 15 is 0 Å². The number of aliphatic hydroxyl groups is 1. The van der Waals surface area contributed by atoms with Crippen LogP contribution in [-0.2, 0) is 17.3 Å². The maximum absolute atomic E-state index is 13.4. The minimum atomic E-state index is -1.11. The van der Waals surface area contributed by atoms with Crippen molar-refractivity contribution in [3.8, 4) is 11.3 Å². The second kappa shape index (κ2) is 9.42. The van der Waals surface area contributed by atoms with Crippen LogP contribution in [0.15, 0.2) is 70.5 Å². The molecular weight excluding hydrogens is 424 g/mol. The highest BCUT2D eigenvalue weighted by atomic mass is 32.2. The number of nitrogens with one attached hydrogen (secondary N) is 1. The molecule has 0 saturated carbocycles. The summed E-state index contributed by atoms with van der Waals surface area (Å²) in [4.78, 5) is 23.0. The molecule has 2 aromatic carbocycles. The summed E-state index contributed by atoms with van der Waals surface area (Å²) in [7, 11) is -1.11. The lowest BCUT2D eigenvalue weighted by Gasteiger charge is -2.16. The molecule has 2 aromatic heterocycles. The lowest BCUT2D eigenvalue weighted by Crippen LogP contribution is -2.24. The molecule has 0 aliphatic rings. The Hall–Kier alpha value is -3.36. The summed E-state index contributed by atoms with van der Waals surface area (Å²) in [5, 5.41) is 13.1. The van der Waals surface area contributed by atoms with Gasteiger partial charge in [-0.2, -0.15) is 0 Å². The van der Waals surface area contributed by atoms with E-state index in [1.54, 1.807) is 35.2 Å². The first-order valence-corrected chi connectivity index (χ1v) is 11.8. The van der Waals surface area contributed by atoms with Gasteiger partial charge in [0.2, 0.25) is 5.95 Å². The minimum absolute atomic E-state index is 0.0105. The van der Waals surface area contributed by atoms with Gasteiger partial charge in [0, 0.05) is 57.9 Å². The van der Waals surface area contributed by atoms with E-state index < -0.39 is 10.8 Å². The first-order chi connectivity index (χ1) is 15.5. The molecule has 0 radical (unpaired) electrons. The molecule has 0 aliphatic carbocycles. The van der Waals surface area contributed by atoms with Gasteiger partial charge in [0.05, 0.1) is 5.69 Å². The second-order valence-electron chi connectivity index (χ2n) is 7.48. The number of fused-ring (bicyclic) bond motifs is 1. The normalized spacial score (nSPS) is 12.1.